The summed E-state index contributed by atoms with van der Waals surface area (Å²) >= 11 is 3.32. The highest BCUT2D eigenvalue weighted by Crippen LogP contribution is 2.13. The number of hydrogen-bond acceptors (Lipinski definition) is 1. The Bertz CT molecular complexity index is 396. The lowest BCUT2D eigenvalue weighted by Gasteiger charge is -2.05. The molecule has 13 heavy (non-hydrogen) atoms. The maximum atomic E-state index is 5.48. The summed E-state index contributed by atoms with van der Waals surface area (Å²) in [6.07, 6.45) is 1.94. The highest BCUT2D eigenvalue weighted by molar-refractivity contribution is 9.09. The molecule has 0 amide bonds. The van der Waals surface area contributed by atoms with Gasteiger partial charge in [-0.15, -0.1) is 0 Å². The number of aromatic nitrogens is 1. The molecule has 0 spiro atoms. The van der Waals surface area contributed by atoms with Crippen LogP contribution in [0.2, 0.25) is 0 Å². The molecule has 2 aromatic rings. The Hall–Kier alpha value is -0.960. The van der Waals surface area contributed by atoms with Crippen LogP contribution in [-0.2, 0) is 0 Å². The number of benzene rings is 1. The largest absolute Gasteiger partial charge is 0.413 e. The quantitative estimate of drug-likeness (QED) is 0.751. The smallest absolute Gasteiger partial charge is 0.124 e. The second-order valence-corrected chi connectivity index (χ2v) is 3.52. The number of para-hydroxylation sites is 1. The summed E-state index contributed by atoms with van der Waals surface area (Å²) in [5.41, 5.74) is 1.11. The minimum atomic E-state index is 0.679. The van der Waals surface area contributed by atoms with Gasteiger partial charge in [0, 0.05) is 16.9 Å². The summed E-state index contributed by atoms with van der Waals surface area (Å²) in [7, 11) is 0. The van der Waals surface area contributed by atoms with E-state index in [1.807, 2.05) is 30.5 Å². The molecule has 0 fully saturated rings. The first-order valence-electron chi connectivity index (χ1n) is 4.17. The second kappa shape index (κ2) is 3.83. The molecule has 0 atom stereocenters. The summed E-state index contributed by atoms with van der Waals surface area (Å²) < 4.78 is 1.80. The van der Waals surface area contributed by atoms with Gasteiger partial charge in [0.2, 0.25) is 0 Å². The van der Waals surface area contributed by atoms with E-state index in [2.05, 4.69) is 22.0 Å². The highest BCUT2D eigenvalue weighted by atomic mass is 79.9. The molecule has 0 N–H and O–H groups in total. The van der Waals surface area contributed by atoms with Crippen molar-refractivity contribution < 1.29 is 4.84 Å². The summed E-state index contributed by atoms with van der Waals surface area (Å²) in [6, 6.07) is 10.2. The Morgan fingerprint density at radius 2 is 2.08 bits per heavy atom. The summed E-state index contributed by atoms with van der Waals surface area (Å²) in [5.74, 6) is 0. The number of hydrogen-bond donors (Lipinski definition) is 0. The zero-order valence-corrected chi connectivity index (χ0v) is 8.70. The third kappa shape index (κ3) is 1.70. The highest BCUT2D eigenvalue weighted by Gasteiger charge is 1.98. The van der Waals surface area contributed by atoms with Crippen LogP contribution in [0.15, 0.2) is 36.5 Å². The zero-order valence-electron chi connectivity index (χ0n) is 7.11. The van der Waals surface area contributed by atoms with Crippen LogP contribution in [-0.4, -0.2) is 16.7 Å². The number of alkyl halides is 1. The fraction of sp³-hybridized carbons (Fsp3) is 0.200. The molecule has 1 heterocycles. The molecule has 0 saturated heterocycles. The van der Waals surface area contributed by atoms with Crippen LogP contribution in [0.25, 0.3) is 10.9 Å². The standard InChI is InChI=1S/C10H10BrNO/c11-6-8-13-12-7-5-9-3-1-2-4-10(9)12/h1-5,7H,6,8H2. The molecule has 2 nitrogen and oxygen atoms in total. The maximum absolute atomic E-state index is 5.48. The Labute approximate surface area is 85.2 Å². The predicted octanol–water partition coefficient (Wildman–Crippen LogP) is 2.46. The second-order valence-electron chi connectivity index (χ2n) is 2.72. The first kappa shape index (κ1) is 8.63. The molecule has 0 aliphatic rings. The number of halogens is 1. The van der Waals surface area contributed by atoms with Crippen molar-refractivity contribution in [2.24, 2.45) is 0 Å². The number of fused-ring (bicyclic) bond motifs is 1. The van der Waals surface area contributed by atoms with Crippen molar-refractivity contribution in [3.63, 3.8) is 0 Å². The first-order valence-corrected chi connectivity index (χ1v) is 5.29. The van der Waals surface area contributed by atoms with Gasteiger partial charge in [0.05, 0.1) is 5.52 Å². The Kier molecular flexibility index (Phi) is 2.54. The van der Waals surface area contributed by atoms with Crippen LogP contribution in [0.4, 0.5) is 0 Å². The van der Waals surface area contributed by atoms with Crippen molar-refractivity contribution in [2.45, 2.75) is 0 Å². The molecule has 0 aliphatic carbocycles. The zero-order chi connectivity index (χ0) is 9.10. The minimum absolute atomic E-state index is 0.679. The van der Waals surface area contributed by atoms with Gasteiger partial charge >= 0.3 is 0 Å². The Morgan fingerprint density at radius 3 is 2.92 bits per heavy atom. The van der Waals surface area contributed by atoms with Gasteiger partial charge in [0.1, 0.15) is 6.61 Å². The van der Waals surface area contributed by atoms with Gasteiger partial charge in [-0.1, -0.05) is 34.1 Å². The van der Waals surface area contributed by atoms with Gasteiger partial charge in [-0.05, 0) is 12.1 Å². The molecule has 0 unspecified atom stereocenters. The van der Waals surface area contributed by atoms with Gasteiger partial charge in [0.25, 0.3) is 0 Å². The molecular weight excluding hydrogens is 230 g/mol. The molecule has 0 radical (unpaired) electrons. The van der Waals surface area contributed by atoms with Gasteiger partial charge < -0.3 is 4.84 Å². The fourth-order valence-corrected chi connectivity index (χ4v) is 1.45. The molecular formula is C10H10BrNO. The minimum Gasteiger partial charge on any atom is -0.413 e. The van der Waals surface area contributed by atoms with Gasteiger partial charge in [0.15, 0.2) is 0 Å². The molecule has 0 saturated carbocycles. The third-order valence-electron chi connectivity index (χ3n) is 1.87. The predicted molar refractivity (Wildman–Crippen MR) is 57.2 cm³/mol. The van der Waals surface area contributed by atoms with E-state index < -0.39 is 0 Å². The van der Waals surface area contributed by atoms with Crippen molar-refractivity contribution in [2.75, 3.05) is 11.9 Å². The van der Waals surface area contributed by atoms with Crippen LogP contribution < -0.4 is 4.84 Å². The molecule has 0 bridgehead atoms. The summed E-state index contributed by atoms with van der Waals surface area (Å²) in [5, 5.41) is 2.05. The lowest BCUT2D eigenvalue weighted by Crippen LogP contribution is -2.11. The molecule has 1 aromatic heterocycles. The number of rotatable bonds is 3. The van der Waals surface area contributed by atoms with Gasteiger partial charge in [-0.25, -0.2) is 0 Å². The average molecular weight is 240 g/mol. The third-order valence-corrected chi connectivity index (χ3v) is 2.19. The Balaban J connectivity index is 2.35. The van der Waals surface area contributed by atoms with Gasteiger partial charge in [-0.3, -0.25) is 0 Å². The topological polar surface area (TPSA) is 14.2 Å². The molecule has 2 rings (SSSR count). The van der Waals surface area contributed by atoms with E-state index in [0.717, 1.165) is 10.8 Å². The van der Waals surface area contributed by atoms with Crippen LogP contribution in [0, 0.1) is 0 Å². The van der Waals surface area contributed by atoms with E-state index in [1.165, 1.54) is 5.39 Å². The van der Waals surface area contributed by atoms with E-state index in [0.29, 0.717) is 6.61 Å². The van der Waals surface area contributed by atoms with E-state index in [4.69, 9.17) is 4.84 Å². The lowest BCUT2D eigenvalue weighted by atomic mass is 10.3. The van der Waals surface area contributed by atoms with Crippen molar-refractivity contribution >= 4 is 26.8 Å². The SMILES string of the molecule is BrCCOn1ccc2ccccc21. The van der Waals surface area contributed by atoms with E-state index >= 15 is 0 Å². The van der Waals surface area contributed by atoms with Crippen molar-refractivity contribution in [3.05, 3.63) is 36.5 Å². The van der Waals surface area contributed by atoms with E-state index in [1.54, 1.807) is 4.73 Å². The monoisotopic (exact) mass is 239 g/mol. The first-order chi connectivity index (χ1) is 6.42. The van der Waals surface area contributed by atoms with Crippen molar-refractivity contribution in [1.29, 1.82) is 0 Å². The normalized spacial score (nSPS) is 10.5. The van der Waals surface area contributed by atoms with Crippen LogP contribution in [0.5, 0.6) is 0 Å². The lowest BCUT2D eigenvalue weighted by molar-refractivity contribution is 0.135. The molecule has 0 aliphatic heterocycles. The maximum Gasteiger partial charge on any atom is 0.124 e. The fourth-order valence-electron chi connectivity index (χ4n) is 1.30. The van der Waals surface area contributed by atoms with Gasteiger partial charge in [-0.2, -0.15) is 4.73 Å². The van der Waals surface area contributed by atoms with Crippen LogP contribution in [0.3, 0.4) is 0 Å². The van der Waals surface area contributed by atoms with Crippen molar-refractivity contribution in [3.8, 4) is 0 Å². The summed E-state index contributed by atoms with van der Waals surface area (Å²) in [6.45, 7) is 0.679. The molecule has 1 aromatic carbocycles. The Morgan fingerprint density at radius 1 is 1.23 bits per heavy atom. The number of nitrogens with zero attached hydrogens (tertiary/aromatic N) is 1. The van der Waals surface area contributed by atoms with Crippen LogP contribution in [0.1, 0.15) is 0 Å². The van der Waals surface area contributed by atoms with Crippen molar-refractivity contribution in [1.82, 2.24) is 4.73 Å². The van der Waals surface area contributed by atoms with E-state index in [9.17, 15) is 0 Å². The van der Waals surface area contributed by atoms with Crippen LogP contribution >= 0.6 is 15.9 Å². The average Bonchev–Trinajstić information content (AvgIpc) is 2.58. The molecule has 68 valence electrons. The summed E-state index contributed by atoms with van der Waals surface area (Å²) in [4.78, 5) is 5.48. The van der Waals surface area contributed by atoms with E-state index in [-0.39, 0.29) is 0 Å². The molecule has 3 heteroatoms.